The molecule has 1 aromatic carbocycles. The summed E-state index contributed by atoms with van der Waals surface area (Å²) in [6.45, 7) is 6.44. The molecule has 0 unspecified atom stereocenters. The largest absolute Gasteiger partial charge is 0.311 e. The van der Waals surface area contributed by atoms with Crippen molar-refractivity contribution < 1.29 is 4.39 Å². The van der Waals surface area contributed by atoms with E-state index in [1.165, 1.54) is 38.1 Å². The number of rotatable bonds is 6. The van der Waals surface area contributed by atoms with E-state index in [9.17, 15) is 4.39 Å². The normalized spacial score (nSPS) is 17.0. The molecule has 0 aliphatic carbocycles. The van der Waals surface area contributed by atoms with Crippen LogP contribution in [0, 0.1) is 5.82 Å². The highest BCUT2D eigenvalue weighted by atomic mass is 19.1. The van der Waals surface area contributed by atoms with Crippen LogP contribution in [0.4, 0.5) is 4.39 Å². The highest BCUT2D eigenvalue weighted by molar-refractivity contribution is 5.62. The summed E-state index contributed by atoms with van der Waals surface area (Å²) in [7, 11) is 0. The van der Waals surface area contributed by atoms with Crippen LogP contribution in [0.5, 0.6) is 0 Å². The van der Waals surface area contributed by atoms with Gasteiger partial charge in [-0.15, -0.1) is 0 Å². The maximum absolute atomic E-state index is 13.0. The summed E-state index contributed by atoms with van der Waals surface area (Å²) in [5, 5.41) is 10.6. The molecule has 1 atom stereocenters. The van der Waals surface area contributed by atoms with Crippen LogP contribution in [-0.4, -0.2) is 40.8 Å². The SMILES string of the molecule is C[C@H](CNCc1cn[nH]c1-c1ccc(F)cc1)N1CCCC1. The van der Waals surface area contributed by atoms with Crippen molar-refractivity contribution in [2.24, 2.45) is 0 Å². The molecule has 0 amide bonds. The van der Waals surface area contributed by atoms with Crippen molar-refractivity contribution in [3.05, 3.63) is 41.8 Å². The van der Waals surface area contributed by atoms with Crippen LogP contribution in [0.15, 0.2) is 30.5 Å². The highest BCUT2D eigenvalue weighted by Crippen LogP contribution is 2.21. The second kappa shape index (κ2) is 7.03. The number of hydrogen-bond donors (Lipinski definition) is 2. The van der Waals surface area contributed by atoms with Gasteiger partial charge in [0.2, 0.25) is 0 Å². The van der Waals surface area contributed by atoms with E-state index in [-0.39, 0.29) is 5.82 Å². The highest BCUT2D eigenvalue weighted by Gasteiger charge is 2.17. The Morgan fingerprint density at radius 3 is 2.73 bits per heavy atom. The molecule has 0 bridgehead atoms. The van der Waals surface area contributed by atoms with E-state index >= 15 is 0 Å². The molecule has 5 heteroatoms. The van der Waals surface area contributed by atoms with E-state index in [0.29, 0.717) is 6.04 Å². The van der Waals surface area contributed by atoms with Crippen molar-refractivity contribution in [1.29, 1.82) is 0 Å². The number of aromatic amines is 1. The van der Waals surface area contributed by atoms with Gasteiger partial charge in [-0.25, -0.2) is 4.39 Å². The zero-order chi connectivity index (χ0) is 15.4. The maximum Gasteiger partial charge on any atom is 0.123 e. The summed E-state index contributed by atoms with van der Waals surface area (Å²) in [5.41, 5.74) is 3.03. The molecule has 1 aliphatic rings. The average molecular weight is 302 g/mol. The zero-order valence-corrected chi connectivity index (χ0v) is 13.0. The first-order chi connectivity index (χ1) is 10.7. The lowest BCUT2D eigenvalue weighted by Gasteiger charge is -2.23. The number of benzene rings is 1. The Hall–Kier alpha value is -1.72. The summed E-state index contributed by atoms with van der Waals surface area (Å²) < 4.78 is 13.0. The third-order valence-corrected chi connectivity index (χ3v) is 4.37. The van der Waals surface area contributed by atoms with E-state index in [4.69, 9.17) is 0 Å². The van der Waals surface area contributed by atoms with Gasteiger partial charge in [-0.2, -0.15) is 5.10 Å². The van der Waals surface area contributed by atoms with Gasteiger partial charge < -0.3 is 5.32 Å². The number of nitrogens with zero attached hydrogens (tertiary/aromatic N) is 2. The van der Waals surface area contributed by atoms with E-state index < -0.39 is 0 Å². The fourth-order valence-electron chi connectivity index (χ4n) is 3.04. The molecule has 118 valence electrons. The van der Waals surface area contributed by atoms with E-state index in [2.05, 4.69) is 27.3 Å². The molecule has 2 heterocycles. The topological polar surface area (TPSA) is 44.0 Å². The molecular formula is C17H23FN4. The van der Waals surface area contributed by atoms with Gasteiger partial charge in [0.1, 0.15) is 5.82 Å². The summed E-state index contributed by atoms with van der Waals surface area (Å²) in [6, 6.07) is 7.06. The minimum absolute atomic E-state index is 0.220. The van der Waals surface area contributed by atoms with Crippen LogP contribution >= 0.6 is 0 Å². The lowest BCUT2D eigenvalue weighted by atomic mass is 10.1. The van der Waals surface area contributed by atoms with E-state index in [1.54, 1.807) is 12.1 Å². The molecule has 0 radical (unpaired) electrons. The van der Waals surface area contributed by atoms with Gasteiger partial charge in [0.15, 0.2) is 0 Å². The van der Waals surface area contributed by atoms with Crippen LogP contribution in [0.1, 0.15) is 25.3 Å². The Labute approximate surface area is 130 Å². The second-order valence-electron chi connectivity index (χ2n) is 6.00. The van der Waals surface area contributed by atoms with Gasteiger partial charge in [-0.3, -0.25) is 10.00 Å². The van der Waals surface area contributed by atoms with E-state index in [1.807, 2.05) is 6.20 Å². The Morgan fingerprint density at radius 1 is 1.27 bits per heavy atom. The molecule has 3 rings (SSSR count). The predicted octanol–water partition coefficient (Wildman–Crippen LogP) is 2.79. The quantitative estimate of drug-likeness (QED) is 0.862. The maximum atomic E-state index is 13.0. The first-order valence-electron chi connectivity index (χ1n) is 7.97. The molecule has 2 aromatic rings. The molecule has 0 spiro atoms. The number of aromatic nitrogens is 2. The van der Waals surface area contributed by atoms with Crippen LogP contribution in [0.2, 0.25) is 0 Å². The number of nitrogens with one attached hydrogen (secondary N) is 2. The Balaban J connectivity index is 1.57. The Kier molecular flexibility index (Phi) is 4.85. The minimum atomic E-state index is -0.220. The van der Waals surface area contributed by atoms with Gasteiger partial charge in [-0.05, 0) is 57.1 Å². The summed E-state index contributed by atoms with van der Waals surface area (Å²) in [5.74, 6) is -0.220. The summed E-state index contributed by atoms with van der Waals surface area (Å²) >= 11 is 0. The zero-order valence-electron chi connectivity index (χ0n) is 13.0. The van der Waals surface area contributed by atoms with Crippen molar-refractivity contribution in [3.63, 3.8) is 0 Å². The van der Waals surface area contributed by atoms with Gasteiger partial charge in [0, 0.05) is 30.3 Å². The van der Waals surface area contributed by atoms with Gasteiger partial charge >= 0.3 is 0 Å². The van der Waals surface area contributed by atoms with Crippen molar-refractivity contribution in [2.45, 2.75) is 32.4 Å². The molecular weight excluding hydrogens is 279 g/mol. The van der Waals surface area contributed by atoms with Crippen LogP contribution in [0.25, 0.3) is 11.3 Å². The molecule has 1 aromatic heterocycles. The summed E-state index contributed by atoms with van der Waals surface area (Å²) in [4.78, 5) is 2.53. The van der Waals surface area contributed by atoms with Crippen molar-refractivity contribution in [1.82, 2.24) is 20.4 Å². The smallest absolute Gasteiger partial charge is 0.123 e. The molecule has 4 nitrogen and oxygen atoms in total. The lowest BCUT2D eigenvalue weighted by molar-refractivity contribution is 0.251. The van der Waals surface area contributed by atoms with Gasteiger partial charge in [0.05, 0.1) is 11.9 Å². The van der Waals surface area contributed by atoms with Crippen molar-refractivity contribution >= 4 is 0 Å². The average Bonchev–Trinajstić information content (AvgIpc) is 3.19. The third kappa shape index (κ3) is 3.54. The Morgan fingerprint density at radius 2 is 2.00 bits per heavy atom. The third-order valence-electron chi connectivity index (χ3n) is 4.37. The fraction of sp³-hybridized carbons (Fsp3) is 0.471. The first-order valence-corrected chi connectivity index (χ1v) is 7.97. The van der Waals surface area contributed by atoms with Gasteiger partial charge in [0.25, 0.3) is 0 Å². The predicted molar refractivity (Wildman–Crippen MR) is 86.0 cm³/mol. The molecule has 0 saturated carbocycles. The Bertz CT molecular complexity index is 587. The molecule has 22 heavy (non-hydrogen) atoms. The van der Waals surface area contributed by atoms with Crippen molar-refractivity contribution in [2.75, 3.05) is 19.6 Å². The van der Waals surface area contributed by atoms with Crippen LogP contribution in [0.3, 0.4) is 0 Å². The van der Waals surface area contributed by atoms with Crippen molar-refractivity contribution in [3.8, 4) is 11.3 Å². The first kappa shape index (κ1) is 15.2. The molecule has 1 saturated heterocycles. The molecule has 2 N–H and O–H groups in total. The molecule has 1 fully saturated rings. The number of hydrogen-bond acceptors (Lipinski definition) is 3. The number of H-pyrrole nitrogens is 1. The summed E-state index contributed by atoms with van der Waals surface area (Å²) in [6.07, 6.45) is 4.48. The van der Waals surface area contributed by atoms with E-state index in [0.717, 1.165) is 29.9 Å². The number of halogens is 1. The molecule has 1 aliphatic heterocycles. The van der Waals surface area contributed by atoms with Crippen LogP contribution < -0.4 is 5.32 Å². The lowest BCUT2D eigenvalue weighted by Crippen LogP contribution is -2.38. The number of likely N-dealkylation sites (tertiary alicyclic amines) is 1. The standard InChI is InChI=1S/C17H23FN4/c1-13(22-8-2-3-9-22)10-19-11-15-12-20-21-17(15)14-4-6-16(18)7-5-14/h4-7,12-13,19H,2-3,8-11H2,1H3,(H,20,21)/t13-/m1/s1. The van der Waals surface area contributed by atoms with Gasteiger partial charge in [-0.1, -0.05) is 0 Å². The monoisotopic (exact) mass is 302 g/mol. The second-order valence-corrected chi connectivity index (χ2v) is 6.00. The minimum Gasteiger partial charge on any atom is -0.311 e. The fourth-order valence-corrected chi connectivity index (χ4v) is 3.04. The van der Waals surface area contributed by atoms with Crippen LogP contribution in [-0.2, 0) is 6.54 Å².